The molecule has 1 amide bonds. The Hall–Kier alpha value is -1.62. The third-order valence-corrected chi connectivity index (χ3v) is 2.61. The molecule has 0 radical (unpaired) electrons. The van der Waals surface area contributed by atoms with Crippen LogP contribution < -0.4 is 5.48 Å². The highest BCUT2D eigenvalue weighted by Crippen LogP contribution is 2.25. The van der Waals surface area contributed by atoms with E-state index in [0.717, 1.165) is 0 Å². The standard InChI is InChI=1S/C11H14N2O3/c1-2-16-12-11(15)8-4-3-6-13-7-5-9(14)10(8)13/h3-4H,2,5-7H2,1H3,(H,12,15). The van der Waals surface area contributed by atoms with Crippen LogP contribution in [0.1, 0.15) is 13.3 Å². The molecule has 0 bridgehead atoms. The van der Waals surface area contributed by atoms with Gasteiger partial charge in [0.1, 0.15) is 0 Å². The van der Waals surface area contributed by atoms with E-state index in [1.165, 1.54) is 0 Å². The zero-order chi connectivity index (χ0) is 11.5. The van der Waals surface area contributed by atoms with Gasteiger partial charge in [-0.1, -0.05) is 6.08 Å². The van der Waals surface area contributed by atoms with Crippen molar-refractivity contribution in [2.24, 2.45) is 0 Å². The second-order valence-electron chi connectivity index (χ2n) is 3.65. The normalized spacial score (nSPS) is 19.1. The highest BCUT2D eigenvalue weighted by atomic mass is 16.6. The van der Waals surface area contributed by atoms with Gasteiger partial charge in [0.15, 0.2) is 5.78 Å². The Morgan fingerprint density at radius 1 is 1.62 bits per heavy atom. The Labute approximate surface area is 93.7 Å². The number of hydroxylamine groups is 1. The first-order valence-corrected chi connectivity index (χ1v) is 5.35. The van der Waals surface area contributed by atoms with Crippen molar-refractivity contribution in [1.29, 1.82) is 0 Å². The molecule has 0 aromatic rings. The molecule has 16 heavy (non-hydrogen) atoms. The maximum Gasteiger partial charge on any atom is 0.277 e. The Morgan fingerprint density at radius 2 is 2.44 bits per heavy atom. The third-order valence-electron chi connectivity index (χ3n) is 2.61. The van der Waals surface area contributed by atoms with Crippen LogP contribution in [-0.2, 0) is 14.4 Å². The topological polar surface area (TPSA) is 58.6 Å². The lowest BCUT2D eigenvalue weighted by atomic mass is 10.1. The summed E-state index contributed by atoms with van der Waals surface area (Å²) in [7, 11) is 0. The number of nitrogens with one attached hydrogen (secondary N) is 1. The largest absolute Gasteiger partial charge is 0.364 e. The number of fused-ring (bicyclic) bond motifs is 1. The Kier molecular flexibility index (Phi) is 3.05. The summed E-state index contributed by atoms with van der Waals surface area (Å²) in [6, 6.07) is 0. The fraction of sp³-hybridized carbons (Fsp3) is 0.455. The van der Waals surface area contributed by atoms with Crippen molar-refractivity contribution in [3.8, 4) is 0 Å². The van der Waals surface area contributed by atoms with Crippen molar-refractivity contribution in [1.82, 2.24) is 10.4 Å². The minimum absolute atomic E-state index is 0.0333. The fourth-order valence-corrected chi connectivity index (χ4v) is 1.90. The average molecular weight is 222 g/mol. The number of ketones is 1. The molecule has 1 saturated heterocycles. The molecule has 0 aliphatic carbocycles. The zero-order valence-electron chi connectivity index (χ0n) is 9.16. The minimum Gasteiger partial charge on any atom is -0.364 e. The molecule has 2 heterocycles. The van der Waals surface area contributed by atoms with E-state index in [4.69, 9.17) is 4.84 Å². The summed E-state index contributed by atoms with van der Waals surface area (Å²) in [5, 5.41) is 0. The first kappa shape index (κ1) is 10.9. The lowest BCUT2D eigenvalue weighted by molar-refractivity contribution is -0.129. The predicted octanol–water partition coefficient (Wildman–Crippen LogP) is 0.153. The maximum absolute atomic E-state index is 11.7. The molecule has 1 N–H and O–H groups in total. The molecular weight excluding hydrogens is 208 g/mol. The predicted molar refractivity (Wildman–Crippen MR) is 57.1 cm³/mol. The van der Waals surface area contributed by atoms with Gasteiger partial charge in [-0.2, -0.15) is 0 Å². The SMILES string of the molecule is CCONC(=O)C1=C2C(=O)CCN2CC=C1. The van der Waals surface area contributed by atoms with E-state index in [2.05, 4.69) is 5.48 Å². The van der Waals surface area contributed by atoms with Crippen molar-refractivity contribution in [2.75, 3.05) is 19.7 Å². The first-order chi connectivity index (χ1) is 7.74. The van der Waals surface area contributed by atoms with Gasteiger partial charge in [0.2, 0.25) is 0 Å². The minimum atomic E-state index is -0.354. The van der Waals surface area contributed by atoms with Crippen molar-refractivity contribution in [3.63, 3.8) is 0 Å². The van der Waals surface area contributed by atoms with E-state index in [9.17, 15) is 9.59 Å². The Balaban J connectivity index is 2.23. The highest BCUT2D eigenvalue weighted by molar-refractivity contribution is 6.08. The summed E-state index contributed by atoms with van der Waals surface area (Å²) in [5.74, 6) is -0.320. The van der Waals surface area contributed by atoms with Crippen LogP contribution in [-0.4, -0.2) is 36.3 Å². The van der Waals surface area contributed by atoms with Crippen LogP contribution >= 0.6 is 0 Å². The van der Waals surface area contributed by atoms with Crippen LogP contribution in [0.25, 0.3) is 0 Å². The molecule has 2 aliphatic rings. The van der Waals surface area contributed by atoms with E-state index in [1.54, 1.807) is 13.0 Å². The Bertz CT molecular complexity index is 385. The summed E-state index contributed by atoms with van der Waals surface area (Å²) >= 11 is 0. The molecule has 0 unspecified atom stereocenters. The summed E-state index contributed by atoms with van der Waals surface area (Å²) in [5.41, 5.74) is 3.24. The van der Waals surface area contributed by atoms with E-state index < -0.39 is 0 Å². The van der Waals surface area contributed by atoms with E-state index in [0.29, 0.717) is 37.4 Å². The Morgan fingerprint density at radius 3 is 3.19 bits per heavy atom. The smallest absolute Gasteiger partial charge is 0.277 e. The number of carbonyl (C=O) groups is 2. The average Bonchev–Trinajstić information content (AvgIpc) is 2.68. The summed E-state index contributed by atoms with van der Waals surface area (Å²) < 4.78 is 0. The fourth-order valence-electron chi connectivity index (χ4n) is 1.90. The molecule has 5 heteroatoms. The molecular formula is C11H14N2O3. The van der Waals surface area contributed by atoms with Crippen molar-refractivity contribution in [3.05, 3.63) is 23.4 Å². The number of amides is 1. The maximum atomic E-state index is 11.7. The van der Waals surface area contributed by atoms with Gasteiger partial charge in [-0.3, -0.25) is 14.4 Å². The second kappa shape index (κ2) is 4.49. The monoisotopic (exact) mass is 222 g/mol. The highest BCUT2D eigenvalue weighted by Gasteiger charge is 2.31. The van der Waals surface area contributed by atoms with Crippen LogP contribution in [0.5, 0.6) is 0 Å². The first-order valence-electron chi connectivity index (χ1n) is 5.35. The summed E-state index contributed by atoms with van der Waals surface area (Å²) in [4.78, 5) is 30.1. The number of rotatable bonds is 3. The molecule has 0 aromatic heterocycles. The lowest BCUT2D eigenvalue weighted by Crippen LogP contribution is -2.31. The van der Waals surface area contributed by atoms with Crippen LogP contribution in [0.3, 0.4) is 0 Å². The summed E-state index contributed by atoms with van der Waals surface area (Å²) in [6.45, 7) is 3.58. The number of nitrogens with zero attached hydrogens (tertiary/aromatic N) is 1. The quantitative estimate of drug-likeness (QED) is 0.691. The molecule has 5 nitrogen and oxygen atoms in total. The van der Waals surface area contributed by atoms with Gasteiger partial charge in [0.05, 0.1) is 17.9 Å². The van der Waals surface area contributed by atoms with Crippen molar-refractivity contribution >= 4 is 11.7 Å². The number of allylic oxidation sites excluding steroid dienone is 1. The van der Waals surface area contributed by atoms with Gasteiger partial charge >= 0.3 is 0 Å². The van der Waals surface area contributed by atoms with E-state index in [1.807, 2.05) is 11.0 Å². The summed E-state index contributed by atoms with van der Waals surface area (Å²) in [6.07, 6.45) is 4.05. The number of hydrogen-bond donors (Lipinski definition) is 1. The van der Waals surface area contributed by atoms with E-state index in [-0.39, 0.29) is 11.7 Å². The zero-order valence-corrected chi connectivity index (χ0v) is 9.16. The van der Waals surface area contributed by atoms with Crippen LogP contribution in [0.4, 0.5) is 0 Å². The van der Waals surface area contributed by atoms with Gasteiger partial charge in [0, 0.05) is 19.5 Å². The van der Waals surface area contributed by atoms with Gasteiger partial charge < -0.3 is 4.90 Å². The van der Waals surface area contributed by atoms with Gasteiger partial charge in [-0.25, -0.2) is 5.48 Å². The van der Waals surface area contributed by atoms with Gasteiger partial charge in [-0.05, 0) is 13.0 Å². The number of carbonyl (C=O) groups excluding carboxylic acids is 2. The van der Waals surface area contributed by atoms with Gasteiger partial charge in [0.25, 0.3) is 5.91 Å². The molecule has 2 aliphatic heterocycles. The molecule has 0 spiro atoms. The number of hydrogen-bond acceptors (Lipinski definition) is 4. The molecule has 0 saturated carbocycles. The second-order valence-corrected chi connectivity index (χ2v) is 3.65. The van der Waals surface area contributed by atoms with Crippen molar-refractivity contribution in [2.45, 2.75) is 13.3 Å². The number of Topliss-reactive ketones (excluding diaryl/α,β-unsaturated/α-hetero) is 1. The molecule has 0 aromatic carbocycles. The van der Waals surface area contributed by atoms with Crippen LogP contribution in [0.15, 0.2) is 23.4 Å². The molecule has 1 fully saturated rings. The molecule has 86 valence electrons. The third kappa shape index (κ3) is 1.86. The molecule has 0 atom stereocenters. The van der Waals surface area contributed by atoms with Crippen molar-refractivity contribution < 1.29 is 14.4 Å². The molecule has 2 rings (SSSR count). The van der Waals surface area contributed by atoms with Crippen LogP contribution in [0, 0.1) is 0 Å². The van der Waals surface area contributed by atoms with Crippen LogP contribution in [0.2, 0.25) is 0 Å². The van der Waals surface area contributed by atoms with Gasteiger partial charge in [-0.15, -0.1) is 0 Å². The van der Waals surface area contributed by atoms with E-state index >= 15 is 0 Å². The lowest BCUT2D eigenvalue weighted by Gasteiger charge is -2.22.